The fourth-order valence-corrected chi connectivity index (χ4v) is 3.07. The normalized spacial score (nSPS) is 17.5. The molecule has 1 aromatic carbocycles. The molecule has 0 bridgehead atoms. The highest BCUT2D eigenvalue weighted by Gasteiger charge is 2.19. The average Bonchev–Trinajstić information content (AvgIpc) is 2.92. The van der Waals surface area contributed by atoms with Crippen molar-refractivity contribution in [3.05, 3.63) is 47.3 Å². The summed E-state index contributed by atoms with van der Waals surface area (Å²) in [5.74, 6) is 0.960. The number of nitrogens with zero attached hydrogens (tertiary/aromatic N) is 2. The van der Waals surface area contributed by atoms with Gasteiger partial charge in [0.25, 0.3) is 0 Å². The topological polar surface area (TPSA) is 39.1 Å². The highest BCUT2D eigenvalue weighted by molar-refractivity contribution is 5.39. The molecule has 0 radical (unpaired) electrons. The summed E-state index contributed by atoms with van der Waals surface area (Å²) in [6, 6.07) is 6.91. The lowest BCUT2D eigenvalue weighted by Crippen LogP contribution is -2.28. The van der Waals surface area contributed by atoms with Gasteiger partial charge in [0.1, 0.15) is 5.75 Å². The molecule has 21 heavy (non-hydrogen) atoms. The molecule has 4 heteroatoms. The number of fused-ring (bicyclic) bond motifs is 1. The fourth-order valence-electron chi connectivity index (χ4n) is 3.07. The van der Waals surface area contributed by atoms with Gasteiger partial charge < -0.3 is 10.1 Å². The van der Waals surface area contributed by atoms with E-state index in [1.807, 2.05) is 10.9 Å². The number of hydrogen-bond acceptors (Lipinski definition) is 3. The number of rotatable bonds is 5. The van der Waals surface area contributed by atoms with E-state index in [0.29, 0.717) is 6.04 Å². The zero-order chi connectivity index (χ0) is 14.7. The van der Waals surface area contributed by atoms with Gasteiger partial charge in [-0.1, -0.05) is 6.07 Å². The van der Waals surface area contributed by atoms with Crippen LogP contribution in [0, 0.1) is 6.92 Å². The van der Waals surface area contributed by atoms with Gasteiger partial charge in [-0.2, -0.15) is 5.10 Å². The second kappa shape index (κ2) is 6.31. The van der Waals surface area contributed by atoms with Gasteiger partial charge in [-0.15, -0.1) is 0 Å². The van der Waals surface area contributed by atoms with Gasteiger partial charge in [-0.05, 0) is 55.0 Å². The number of hydrogen-bond donors (Lipinski definition) is 1. The van der Waals surface area contributed by atoms with Gasteiger partial charge in [0.15, 0.2) is 0 Å². The van der Waals surface area contributed by atoms with Gasteiger partial charge in [0.2, 0.25) is 0 Å². The largest absolute Gasteiger partial charge is 0.497 e. The maximum atomic E-state index is 5.32. The molecule has 0 spiro atoms. The minimum absolute atomic E-state index is 0.455. The molecule has 1 atom stereocenters. The van der Waals surface area contributed by atoms with Crippen molar-refractivity contribution < 1.29 is 4.74 Å². The molecule has 4 nitrogen and oxygen atoms in total. The van der Waals surface area contributed by atoms with Crippen LogP contribution in [0.3, 0.4) is 0 Å². The zero-order valence-electron chi connectivity index (χ0n) is 12.8. The third-order valence-corrected chi connectivity index (χ3v) is 4.16. The maximum absolute atomic E-state index is 5.32. The van der Waals surface area contributed by atoms with Crippen molar-refractivity contribution in [2.24, 2.45) is 0 Å². The van der Waals surface area contributed by atoms with Crippen LogP contribution >= 0.6 is 0 Å². The third kappa shape index (κ3) is 3.27. The van der Waals surface area contributed by atoms with E-state index in [2.05, 4.69) is 41.7 Å². The summed E-state index contributed by atoms with van der Waals surface area (Å²) in [6.45, 7) is 3.93. The lowest BCUT2D eigenvalue weighted by Gasteiger charge is -2.27. The zero-order valence-corrected chi connectivity index (χ0v) is 12.8. The molecule has 0 saturated heterocycles. The van der Waals surface area contributed by atoms with E-state index in [0.717, 1.165) is 25.3 Å². The van der Waals surface area contributed by atoms with Gasteiger partial charge in [-0.3, -0.25) is 4.68 Å². The number of ether oxygens (including phenoxy) is 1. The molecule has 112 valence electrons. The molecule has 0 saturated carbocycles. The van der Waals surface area contributed by atoms with Crippen molar-refractivity contribution in [1.29, 1.82) is 0 Å². The van der Waals surface area contributed by atoms with Crippen molar-refractivity contribution in [2.45, 2.75) is 38.8 Å². The minimum atomic E-state index is 0.455. The molecule has 2 aromatic rings. The van der Waals surface area contributed by atoms with Crippen LogP contribution in [-0.4, -0.2) is 23.4 Å². The van der Waals surface area contributed by atoms with Crippen molar-refractivity contribution in [2.75, 3.05) is 13.7 Å². The standard InChI is InChI=1S/C17H23N3O/c1-13-11-19-20(12-13)9-8-18-17-5-3-4-14-10-15(21-2)6-7-16(14)17/h6-7,10-12,17-18H,3-5,8-9H2,1-2H3. The number of benzene rings is 1. The Hall–Kier alpha value is -1.81. The van der Waals surface area contributed by atoms with Crippen LogP contribution in [0.15, 0.2) is 30.6 Å². The number of methoxy groups -OCH3 is 1. The van der Waals surface area contributed by atoms with E-state index in [9.17, 15) is 0 Å². The molecule has 1 aliphatic rings. The molecule has 0 fully saturated rings. The molecule has 1 unspecified atom stereocenters. The number of nitrogens with one attached hydrogen (secondary N) is 1. The Morgan fingerprint density at radius 1 is 1.43 bits per heavy atom. The van der Waals surface area contributed by atoms with Crippen LogP contribution in [0.5, 0.6) is 5.75 Å². The predicted molar refractivity (Wildman–Crippen MR) is 83.6 cm³/mol. The number of aryl methyl sites for hydroxylation is 2. The van der Waals surface area contributed by atoms with E-state index < -0.39 is 0 Å². The SMILES string of the molecule is COc1ccc2c(c1)CCCC2NCCn1cc(C)cn1. The van der Waals surface area contributed by atoms with Crippen molar-refractivity contribution in [1.82, 2.24) is 15.1 Å². The molecule has 0 aliphatic heterocycles. The summed E-state index contributed by atoms with van der Waals surface area (Å²) in [5, 5.41) is 8.00. The summed E-state index contributed by atoms with van der Waals surface area (Å²) in [5.41, 5.74) is 4.07. The second-order valence-corrected chi connectivity index (χ2v) is 5.74. The van der Waals surface area contributed by atoms with Gasteiger partial charge in [0.05, 0.1) is 19.9 Å². The van der Waals surface area contributed by atoms with E-state index in [1.54, 1.807) is 7.11 Å². The van der Waals surface area contributed by atoms with Crippen LogP contribution in [0.1, 0.15) is 35.6 Å². The fraction of sp³-hybridized carbons (Fsp3) is 0.471. The first kappa shape index (κ1) is 14.1. The summed E-state index contributed by atoms with van der Waals surface area (Å²) in [4.78, 5) is 0. The Labute approximate surface area is 126 Å². The monoisotopic (exact) mass is 285 g/mol. The van der Waals surface area contributed by atoms with Crippen LogP contribution in [0.4, 0.5) is 0 Å². The van der Waals surface area contributed by atoms with Crippen molar-refractivity contribution >= 4 is 0 Å². The molecule has 1 heterocycles. The first-order valence-electron chi connectivity index (χ1n) is 7.65. The lowest BCUT2D eigenvalue weighted by atomic mass is 9.87. The van der Waals surface area contributed by atoms with E-state index in [4.69, 9.17) is 4.74 Å². The second-order valence-electron chi connectivity index (χ2n) is 5.74. The minimum Gasteiger partial charge on any atom is -0.497 e. The van der Waals surface area contributed by atoms with Gasteiger partial charge in [-0.25, -0.2) is 0 Å². The lowest BCUT2D eigenvalue weighted by molar-refractivity contribution is 0.409. The van der Waals surface area contributed by atoms with E-state index in [-0.39, 0.29) is 0 Å². The molecule has 1 aromatic heterocycles. The highest BCUT2D eigenvalue weighted by atomic mass is 16.5. The summed E-state index contributed by atoms with van der Waals surface area (Å²) >= 11 is 0. The van der Waals surface area contributed by atoms with E-state index >= 15 is 0 Å². The molecule has 1 N–H and O–H groups in total. The molecule has 3 rings (SSSR count). The predicted octanol–water partition coefficient (Wildman–Crippen LogP) is 2.87. The quantitative estimate of drug-likeness (QED) is 0.918. The van der Waals surface area contributed by atoms with E-state index in [1.165, 1.54) is 29.5 Å². The van der Waals surface area contributed by atoms with Crippen LogP contribution in [-0.2, 0) is 13.0 Å². The highest BCUT2D eigenvalue weighted by Crippen LogP contribution is 2.31. The van der Waals surface area contributed by atoms with Gasteiger partial charge >= 0.3 is 0 Å². The Balaban J connectivity index is 1.62. The first-order valence-corrected chi connectivity index (χ1v) is 7.65. The molecular weight excluding hydrogens is 262 g/mol. The first-order chi connectivity index (χ1) is 10.3. The summed E-state index contributed by atoms with van der Waals surface area (Å²) in [7, 11) is 1.73. The Bertz CT molecular complexity index is 606. The Morgan fingerprint density at radius 3 is 3.10 bits per heavy atom. The number of aromatic nitrogens is 2. The molecule has 1 aliphatic carbocycles. The van der Waals surface area contributed by atoms with Crippen molar-refractivity contribution in [3.8, 4) is 5.75 Å². The molecular formula is C17H23N3O. The van der Waals surface area contributed by atoms with Crippen LogP contribution in [0.2, 0.25) is 0 Å². The Morgan fingerprint density at radius 2 is 2.33 bits per heavy atom. The summed E-state index contributed by atoms with van der Waals surface area (Å²) < 4.78 is 7.32. The Kier molecular flexibility index (Phi) is 4.25. The molecule has 0 amide bonds. The van der Waals surface area contributed by atoms with Crippen LogP contribution < -0.4 is 10.1 Å². The third-order valence-electron chi connectivity index (χ3n) is 4.16. The smallest absolute Gasteiger partial charge is 0.119 e. The van der Waals surface area contributed by atoms with Crippen molar-refractivity contribution in [3.63, 3.8) is 0 Å². The average molecular weight is 285 g/mol. The maximum Gasteiger partial charge on any atom is 0.119 e. The van der Waals surface area contributed by atoms with Gasteiger partial charge in [0, 0.05) is 18.8 Å². The van der Waals surface area contributed by atoms with Crippen LogP contribution in [0.25, 0.3) is 0 Å². The summed E-state index contributed by atoms with van der Waals surface area (Å²) in [6.07, 6.45) is 7.59.